The predicted molar refractivity (Wildman–Crippen MR) is 92.9 cm³/mol. The Bertz CT molecular complexity index is 349. The Morgan fingerprint density at radius 2 is 1.75 bits per heavy atom. The third-order valence-corrected chi connectivity index (χ3v) is 5.15. The number of rotatable bonds is 10. The fraction of sp³-hybridized carbons (Fsp3) is 0.647. The van der Waals surface area contributed by atoms with Gasteiger partial charge in [-0.05, 0) is 49.6 Å². The average Bonchev–Trinajstić information content (AvgIpc) is 2.48. The summed E-state index contributed by atoms with van der Waals surface area (Å²) in [6, 6.07) is 8.78. The third kappa shape index (κ3) is 7.01. The standard InChI is InChI=1S/C17H28ClNS/c1-4-11-19-16(12-14(5-2)6-3)13-20-17-9-7-15(18)8-10-17/h7-10,14,16,19H,4-6,11-13H2,1-3H3. The van der Waals surface area contributed by atoms with E-state index in [0.29, 0.717) is 6.04 Å². The number of nitrogens with one attached hydrogen (secondary N) is 1. The van der Waals surface area contributed by atoms with Crippen molar-refractivity contribution in [2.45, 2.75) is 57.4 Å². The molecule has 1 rings (SSSR count). The summed E-state index contributed by atoms with van der Waals surface area (Å²) in [5.74, 6) is 1.98. The summed E-state index contributed by atoms with van der Waals surface area (Å²) < 4.78 is 0. The average molecular weight is 314 g/mol. The highest BCUT2D eigenvalue weighted by Crippen LogP contribution is 2.24. The molecular formula is C17H28ClNS. The molecule has 1 aromatic rings. The lowest BCUT2D eigenvalue weighted by atomic mass is 9.95. The minimum absolute atomic E-state index is 0.612. The van der Waals surface area contributed by atoms with Crippen LogP contribution in [0.1, 0.15) is 46.5 Å². The van der Waals surface area contributed by atoms with Crippen LogP contribution in [0.5, 0.6) is 0 Å². The van der Waals surface area contributed by atoms with Crippen LogP contribution in [0.3, 0.4) is 0 Å². The van der Waals surface area contributed by atoms with Crippen molar-refractivity contribution in [2.75, 3.05) is 12.3 Å². The monoisotopic (exact) mass is 313 g/mol. The molecule has 0 saturated carbocycles. The van der Waals surface area contributed by atoms with Crippen LogP contribution < -0.4 is 5.32 Å². The lowest BCUT2D eigenvalue weighted by Crippen LogP contribution is -2.33. The molecule has 0 aromatic heterocycles. The van der Waals surface area contributed by atoms with Gasteiger partial charge in [-0.2, -0.15) is 0 Å². The molecular weight excluding hydrogens is 286 g/mol. The Balaban J connectivity index is 2.48. The summed E-state index contributed by atoms with van der Waals surface area (Å²) in [6.45, 7) is 7.95. The fourth-order valence-corrected chi connectivity index (χ4v) is 3.41. The molecule has 0 amide bonds. The lowest BCUT2D eigenvalue weighted by Gasteiger charge is -2.23. The molecule has 114 valence electrons. The van der Waals surface area contributed by atoms with E-state index in [-0.39, 0.29) is 0 Å². The number of hydrogen-bond acceptors (Lipinski definition) is 2. The zero-order chi connectivity index (χ0) is 14.8. The van der Waals surface area contributed by atoms with Crippen molar-refractivity contribution >= 4 is 23.4 Å². The van der Waals surface area contributed by atoms with Gasteiger partial charge in [0.15, 0.2) is 0 Å². The van der Waals surface area contributed by atoms with E-state index in [0.717, 1.165) is 23.2 Å². The molecule has 0 saturated heterocycles. The molecule has 0 radical (unpaired) electrons. The first kappa shape index (κ1) is 17.9. The molecule has 0 bridgehead atoms. The Hall–Kier alpha value is -0.180. The number of halogens is 1. The van der Waals surface area contributed by atoms with Gasteiger partial charge in [0, 0.05) is 21.7 Å². The van der Waals surface area contributed by atoms with E-state index in [9.17, 15) is 0 Å². The largest absolute Gasteiger partial charge is 0.313 e. The van der Waals surface area contributed by atoms with E-state index in [2.05, 4.69) is 38.2 Å². The van der Waals surface area contributed by atoms with Gasteiger partial charge >= 0.3 is 0 Å². The van der Waals surface area contributed by atoms with Gasteiger partial charge in [0.05, 0.1) is 0 Å². The Kier molecular flexibility index (Phi) is 9.41. The van der Waals surface area contributed by atoms with Crippen molar-refractivity contribution in [3.63, 3.8) is 0 Å². The lowest BCUT2D eigenvalue weighted by molar-refractivity contribution is 0.384. The maximum absolute atomic E-state index is 5.93. The molecule has 20 heavy (non-hydrogen) atoms. The van der Waals surface area contributed by atoms with Gasteiger partial charge in [-0.25, -0.2) is 0 Å². The molecule has 0 aliphatic rings. The van der Waals surface area contributed by atoms with Gasteiger partial charge in [-0.1, -0.05) is 45.2 Å². The molecule has 0 spiro atoms. The van der Waals surface area contributed by atoms with Crippen LogP contribution in [0, 0.1) is 5.92 Å². The van der Waals surface area contributed by atoms with Crippen LogP contribution in [-0.2, 0) is 0 Å². The summed E-state index contributed by atoms with van der Waals surface area (Å²) in [4.78, 5) is 1.31. The minimum atomic E-state index is 0.612. The zero-order valence-corrected chi connectivity index (χ0v) is 14.6. The maximum atomic E-state index is 5.93. The quantitative estimate of drug-likeness (QED) is 0.562. The summed E-state index contributed by atoms with van der Waals surface area (Å²) >= 11 is 7.86. The summed E-state index contributed by atoms with van der Waals surface area (Å²) in [5, 5.41) is 4.52. The molecule has 1 N–H and O–H groups in total. The van der Waals surface area contributed by atoms with E-state index in [1.54, 1.807) is 0 Å². The second-order valence-corrected chi connectivity index (χ2v) is 6.86. The Labute approximate surface area is 133 Å². The van der Waals surface area contributed by atoms with Crippen LogP contribution >= 0.6 is 23.4 Å². The molecule has 0 heterocycles. The van der Waals surface area contributed by atoms with E-state index in [4.69, 9.17) is 11.6 Å². The first-order valence-corrected chi connectivity index (χ1v) is 9.17. The third-order valence-electron chi connectivity index (χ3n) is 3.72. The maximum Gasteiger partial charge on any atom is 0.0406 e. The van der Waals surface area contributed by atoms with E-state index >= 15 is 0 Å². The summed E-state index contributed by atoms with van der Waals surface area (Å²) in [5.41, 5.74) is 0. The van der Waals surface area contributed by atoms with E-state index in [1.807, 2.05) is 23.9 Å². The van der Waals surface area contributed by atoms with Gasteiger partial charge in [0.2, 0.25) is 0 Å². The number of hydrogen-bond donors (Lipinski definition) is 1. The van der Waals surface area contributed by atoms with Gasteiger partial charge in [-0.3, -0.25) is 0 Å². The van der Waals surface area contributed by atoms with Crippen molar-refractivity contribution in [2.24, 2.45) is 5.92 Å². The van der Waals surface area contributed by atoms with Gasteiger partial charge < -0.3 is 5.32 Å². The SMILES string of the molecule is CCCNC(CSc1ccc(Cl)cc1)CC(CC)CC. The van der Waals surface area contributed by atoms with Crippen molar-refractivity contribution in [3.05, 3.63) is 29.3 Å². The highest BCUT2D eigenvalue weighted by atomic mass is 35.5. The molecule has 1 unspecified atom stereocenters. The van der Waals surface area contributed by atoms with Crippen molar-refractivity contribution < 1.29 is 0 Å². The fourth-order valence-electron chi connectivity index (χ4n) is 2.31. The zero-order valence-electron chi connectivity index (χ0n) is 13.0. The second-order valence-electron chi connectivity index (χ2n) is 5.33. The van der Waals surface area contributed by atoms with Crippen LogP contribution in [-0.4, -0.2) is 18.3 Å². The number of benzene rings is 1. The molecule has 0 aliphatic carbocycles. The van der Waals surface area contributed by atoms with Crippen molar-refractivity contribution in [3.8, 4) is 0 Å². The Morgan fingerprint density at radius 1 is 1.10 bits per heavy atom. The van der Waals surface area contributed by atoms with Crippen LogP contribution in [0.25, 0.3) is 0 Å². The molecule has 3 heteroatoms. The topological polar surface area (TPSA) is 12.0 Å². The second kappa shape index (κ2) is 10.5. The van der Waals surface area contributed by atoms with Crippen LogP contribution in [0.4, 0.5) is 0 Å². The molecule has 0 aliphatic heterocycles. The van der Waals surface area contributed by atoms with Crippen molar-refractivity contribution in [1.82, 2.24) is 5.32 Å². The first-order valence-electron chi connectivity index (χ1n) is 7.81. The smallest absolute Gasteiger partial charge is 0.0406 e. The molecule has 1 atom stereocenters. The van der Waals surface area contributed by atoms with Gasteiger partial charge in [0.25, 0.3) is 0 Å². The van der Waals surface area contributed by atoms with Crippen molar-refractivity contribution in [1.29, 1.82) is 0 Å². The Morgan fingerprint density at radius 3 is 2.30 bits per heavy atom. The minimum Gasteiger partial charge on any atom is -0.313 e. The highest BCUT2D eigenvalue weighted by Gasteiger charge is 2.14. The van der Waals surface area contributed by atoms with Gasteiger partial charge in [-0.15, -0.1) is 11.8 Å². The van der Waals surface area contributed by atoms with Crippen LogP contribution in [0.2, 0.25) is 5.02 Å². The highest BCUT2D eigenvalue weighted by molar-refractivity contribution is 7.99. The normalized spacial score (nSPS) is 12.8. The number of thioether (sulfide) groups is 1. The first-order chi connectivity index (χ1) is 9.69. The van der Waals surface area contributed by atoms with E-state index in [1.165, 1.54) is 30.6 Å². The summed E-state index contributed by atoms with van der Waals surface area (Å²) in [7, 11) is 0. The van der Waals surface area contributed by atoms with Gasteiger partial charge in [0.1, 0.15) is 0 Å². The van der Waals surface area contributed by atoms with E-state index < -0.39 is 0 Å². The molecule has 0 fully saturated rings. The molecule has 1 nitrogen and oxygen atoms in total. The molecule has 1 aromatic carbocycles. The predicted octanol–water partition coefficient (Wildman–Crippen LogP) is 5.63. The van der Waals surface area contributed by atoms with Crippen LogP contribution in [0.15, 0.2) is 29.2 Å². The summed E-state index contributed by atoms with van der Waals surface area (Å²) in [6.07, 6.45) is 5.05.